The number of carbonyl (C=O) groups excluding carboxylic acids is 7. The van der Waals surface area contributed by atoms with Crippen LogP contribution in [-0.4, -0.2) is 104 Å². The van der Waals surface area contributed by atoms with Crippen molar-refractivity contribution in [1.29, 1.82) is 0 Å². The molecule has 2 rings (SSSR count). The number of ether oxygens (including phenoxy) is 7. The molecule has 1 aromatic carbocycles. The summed E-state index contributed by atoms with van der Waals surface area (Å²) in [6.07, 6.45) is -13.2. The lowest BCUT2D eigenvalue weighted by atomic mass is 9.88. The van der Waals surface area contributed by atoms with Crippen LogP contribution in [0.1, 0.15) is 39.7 Å². The Morgan fingerprint density at radius 2 is 1.56 bits per heavy atom. The molecule has 1 saturated heterocycles. The van der Waals surface area contributed by atoms with Crippen molar-refractivity contribution in [3.05, 3.63) is 35.9 Å². The zero-order chi connectivity index (χ0) is 36.2. The highest BCUT2D eigenvalue weighted by atomic mass is 19.4. The standard InChI is InChI=1S/C29H35F3N2O14/c1-15(35)43-14-21(46-17(3)37)24(47-18(4)38)25-23(34-22(39)12-33-26(40)29(30,31)32)20(45-16(2)36)11-28(48-25,27(41)42-5)44-13-19-9-7-6-8-10-19/h6-10,20-21,23-25H,11-14H2,1-5H3,(H,33,40)(H,34,39)/t20-,21+,23+,24+,25+,28+/m0/s1. The van der Waals surface area contributed by atoms with E-state index in [1.165, 1.54) is 5.32 Å². The summed E-state index contributed by atoms with van der Waals surface area (Å²) >= 11 is 0. The Morgan fingerprint density at radius 1 is 0.938 bits per heavy atom. The van der Waals surface area contributed by atoms with E-state index in [2.05, 4.69) is 5.32 Å². The Morgan fingerprint density at radius 3 is 2.08 bits per heavy atom. The Balaban J connectivity index is 2.73. The normalized spacial score (nSPS) is 21.8. The van der Waals surface area contributed by atoms with Gasteiger partial charge in [-0.15, -0.1) is 0 Å². The summed E-state index contributed by atoms with van der Waals surface area (Å²) in [6.45, 7) is 1.51. The number of hydrogen-bond donors (Lipinski definition) is 2. The second kappa shape index (κ2) is 17.4. The summed E-state index contributed by atoms with van der Waals surface area (Å²) < 4.78 is 76.3. The number of methoxy groups -OCH3 is 1. The van der Waals surface area contributed by atoms with Gasteiger partial charge in [0.1, 0.15) is 18.8 Å². The lowest BCUT2D eigenvalue weighted by Crippen LogP contribution is -2.69. The number of amides is 2. The SMILES string of the molecule is COC(=O)[C@@]1(OCc2ccccc2)C[C@H](OC(C)=O)[C@@H](NC(=O)CNC(=O)C(F)(F)F)[C@H]([C@H](OC(C)=O)[C@@H](COC(C)=O)OC(C)=O)O1. The highest BCUT2D eigenvalue weighted by molar-refractivity contribution is 5.87. The molecule has 0 bridgehead atoms. The second-order valence-corrected chi connectivity index (χ2v) is 10.3. The number of nitrogens with one attached hydrogen (secondary N) is 2. The Labute approximate surface area is 271 Å². The fourth-order valence-corrected chi connectivity index (χ4v) is 4.58. The zero-order valence-electron chi connectivity index (χ0n) is 26.5. The van der Waals surface area contributed by atoms with E-state index in [9.17, 15) is 46.7 Å². The highest BCUT2D eigenvalue weighted by Gasteiger charge is 2.59. The Hall–Kier alpha value is -4.78. The van der Waals surface area contributed by atoms with Crippen LogP contribution in [0, 0.1) is 0 Å². The van der Waals surface area contributed by atoms with Gasteiger partial charge < -0.3 is 43.8 Å². The molecule has 2 N–H and O–H groups in total. The summed E-state index contributed by atoms with van der Waals surface area (Å²) in [5.74, 6) is -11.3. The third kappa shape index (κ3) is 11.8. The summed E-state index contributed by atoms with van der Waals surface area (Å²) in [5.41, 5.74) is 0.519. The second-order valence-electron chi connectivity index (χ2n) is 10.3. The first kappa shape index (κ1) is 39.4. The number of benzene rings is 1. The molecule has 16 nitrogen and oxygen atoms in total. The minimum atomic E-state index is -5.33. The average molecular weight is 693 g/mol. The van der Waals surface area contributed by atoms with Gasteiger partial charge in [0.15, 0.2) is 12.2 Å². The minimum absolute atomic E-state index is 0.324. The van der Waals surface area contributed by atoms with Crippen molar-refractivity contribution < 1.29 is 79.9 Å². The van der Waals surface area contributed by atoms with E-state index in [1.54, 1.807) is 30.3 Å². The maximum absolute atomic E-state index is 13.4. The topological polar surface area (TPSA) is 208 Å². The predicted octanol–water partition coefficient (Wildman–Crippen LogP) is 0.383. The van der Waals surface area contributed by atoms with Crippen molar-refractivity contribution >= 4 is 41.7 Å². The van der Waals surface area contributed by atoms with Gasteiger partial charge in [-0.1, -0.05) is 30.3 Å². The van der Waals surface area contributed by atoms with Crippen LogP contribution in [0.5, 0.6) is 0 Å². The lowest BCUT2D eigenvalue weighted by Gasteiger charge is -2.48. The van der Waals surface area contributed by atoms with Gasteiger partial charge in [-0.05, 0) is 5.56 Å². The van der Waals surface area contributed by atoms with E-state index in [4.69, 9.17) is 33.2 Å². The van der Waals surface area contributed by atoms with Gasteiger partial charge in [0.25, 0.3) is 5.79 Å². The molecule has 0 aliphatic carbocycles. The van der Waals surface area contributed by atoms with Gasteiger partial charge in [-0.25, -0.2) is 4.79 Å². The van der Waals surface area contributed by atoms with E-state index in [1.807, 2.05) is 0 Å². The third-order valence-corrected chi connectivity index (χ3v) is 6.43. The number of hydrogen-bond acceptors (Lipinski definition) is 14. The van der Waals surface area contributed by atoms with Gasteiger partial charge in [0.2, 0.25) is 5.91 Å². The molecular weight excluding hydrogens is 657 g/mol. The van der Waals surface area contributed by atoms with Crippen LogP contribution in [0.25, 0.3) is 0 Å². The molecule has 19 heteroatoms. The number of esters is 5. The first-order valence-electron chi connectivity index (χ1n) is 14.1. The van der Waals surface area contributed by atoms with Crippen LogP contribution < -0.4 is 10.6 Å². The molecule has 1 aliphatic rings. The van der Waals surface area contributed by atoms with E-state index >= 15 is 0 Å². The van der Waals surface area contributed by atoms with Crippen LogP contribution in [0.3, 0.4) is 0 Å². The van der Waals surface area contributed by atoms with Crippen molar-refractivity contribution in [3.63, 3.8) is 0 Å². The van der Waals surface area contributed by atoms with Crippen molar-refractivity contribution in [2.45, 2.75) is 83.1 Å². The van der Waals surface area contributed by atoms with Crippen LogP contribution >= 0.6 is 0 Å². The van der Waals surface area contributed by atoms with Crippen LogP contribution in [0.4, 0.5) is 13.2 Å². The smallest absolute Gasteiger partial charge is 0.465 e. The molecule has 6 atom stereocenters. The van der Waals surface area contributed by atoms with Gasteiger partial charge in [0, 0.05) is 27.7 Å². The van der Waals surface area contributed by atoms with Gasteiger partial charge in [0.05, 0.1) is 32.7 Å². The summed E-state index contributed by atoms with van der Waals surface area (Å²) in [6, 6.07) is 6.56. The number of carbonyl (C=O) groups is 7. The molecule has 1 aromatic rings. The summed E-state index contributed by atoms with van der Waals surface area (Å²) in [5, 5.41) is 3.63. The predicted molar refractivity (Wildman–Crippen MR) is 150 cm³/mol. The van der Waals surface area contributed by atoms with Gasteiger partial charge in [-0.2, -0.15) is 13.2 Å². The molecule has 0 unspecified atom stereocenters. The molecule has 266 valence electrons. The molecular formula is C29H35F3N2O14. The van der Waals surface area contributed by atoms with Crippen molar-refractivity contribution in [2.75, 3.05) is 20.3 Å². The molecule has 1 fully saturated rings. The fourth-order valence-electron chi connectivity index (χ4n) is 4.58. The molecule has 1 aliphatic heterocycles. The third-order valence-electron chi connectivity index (χ3n) is 6.43. The van der Waals surface area contributed by atoms with Crippen molar-refractivity contribution in [3.8, 4) is 0 Å². The van der Waals surface area contributed by atoms with Crippen molar-refractivity contribution in [2.24, 2.45) is 0 Å². The number of halogens is 3. The lowest BCUT2D eigenvalue weighted by molar-refractivity contribution is -0.317. The minimum Gasteiger partial charge on any atom is -0.465 e. The number of alkyl halides is 3. The monoisotopic (exact) mass is 692 g/mol. The molecule has 2 amide bonds. The summed E-state index contributed by atoms with van der Waals surface area (Å²) in [4.78, 5) is 86.1. The molecule has 48 heavy (non-hydrogen) atoms. The van der Waals surface area contributed by atoms with Crippen LogP contribution in [-0.2, 0) is 73.3 Å². The van der Waals surface area contributed by atoms with E-state index in [-0.39, 0.29) is 6.61 Å². The zero-order valence-corrected chi connectivity index (χ0v) is 26.5. The maximum Gasteiger partial charge on any atom is 0.471 e. The first-order chi connectivity index (χ1) is 22.4. The van der Waals surface area contributed by atoms with Gasteiger partial charge in [-0.3, -0.25) is 28.8 Å². The summed E-state index contributed by atoms with van der Waals surface area (Å²) in [7, 11) is 0.971. The largest absolute Gasteiger partial charge is 0.471 e. The van der Waals surface area contributed by atoms with Crippen molar-refractivity contribution in [1.82, 2.24) is 10.6 Å². The van der Waals surface area contributed by atoms with Gasteiger partial charge >= 0.3 is 41.9 Å². The average Bonchev–Trinajstić information content (AvgIpc) is 2.99. The molecule has 0 saturated carbocycles. The fraction of sp³-hybridized carbons (Fsp3) is 0.552. The number of rotatable bonds is 14. The molecule has 0 aromatic heterocycles. The highest BCUT2D eigenvalue weighted by Crippen LogP contribution is 2.37. The van der Waals surface area contributed by atoms with Crippen LogP contribution in [0.15, 0.2) is 30.3 Å². The Bertz CT molecular complexity index is 1340. The first-order valence-corrected chi connectivity index (χ1v) is 14.1. The van der Waals surface area contributed by atoms with E-state index in [0.717, 1.165) is 34.8 Å². The quantitative estimate of drug-likeness (QED) is 0.200. The van der Waals surface area contributed by atoms with E-state index in [0.29, 0.717) is 5.56 Å². The molecule has 0 spiro atoms. The van der Waals surface area contributed by atoms with Crippen LogP contribution in [0.2, 0.25) is 0 Å². The maximum atomic E-state index is 13.4. The molecule has 0 radical (unpaired) electrons. The Kier molecular flexibility index (Phi) is 14.3. The molecule has 1 heterocycles. The van der Waals surface area contributed by atoms with E-state index < -0.39 is 104 Å².